The predicted molar refractivity (Wildman–Crippen MR) is 128 cm³/mol. The Kier molecular flexibility index (Phi) is 5.58. The van der Waals surface area contributed by atoms with E-state index in [9.17, 15) is 0 Å². The van der Waals surface area contributed by atoms with E-state index in [1.165, 1.54) is 12.8 Å². The van der Waals surface area contributed by atoms with Crippen molar-refractivity contribution < 1.29 is 9.47 Å². The molecule has 1 atom stereocenters. The van der Waals surface area contributed by atoms with Crippen molar-refractivity contribution >= 4 is 16.7 Å². The van der Waals surface area contributed by atoms with Crippen molar-refractivity contribution in [3.63, 3.8) is 0 Å². The van der Waals surface area contributed by atoms with Crippen LogP contribution in [0.15, 0.2) is 36.7 Å². The molecule has 1 unspecified atom stereocenters. The van der Waals surface area contributed by atoms with Gasteiger partial charge in [0.2, 0.25) is 0 Å². The number of fused-ring (bicyclic) bond motifs is 1. The highest BCUT2D eigenvalue weighted by Crippen LogP contribution is 2.36. The number of nitrogens with one attached hydrogen (secondary N) is 1. The Labute approximate surface area is 193 Å². The van der Waals surface area contributed by atoms with Gasteiger partial charge in [0.1, 0.15) is 17.5 Å². The summed E-state index contributed by atoms with van der Waals surface area (Å²) in [5.74, 6) is 2.43. The van der Waals surface area contributed by atoms with E-state index >= 15 is 0 Å². The van der Waals surface area contributed by atoms with Gasteiger partial charge in [-0.1, -0.05) is 0 Å². The SMILES string of the molecule is COc1cc(-c2n[nH]c3ccc(OC(C)c4c(C)cnnc4C)cc23)cnc1N1CCCC1. The first-order valence-corrected chi connectivity index (χ1v) is 11.3. The van der Waals surface area contributed by atoms with E-state index in [-0.39, 0.29) is 6.10 Å². The van der Waals surface area contributed by atoms with Crippen molar-refractivity contribution in [1.82, 2.24) is 25.4 Å². The number of methoxy groups -OCH3 is 1. The van der Waals surface area contributed by atoms with Crippen LogP contribution in [0.4, 0.5) is 5.82 Å². The van der Waals surface area contributed by atoms with E-state index in [0.29, 0.717) is 0 Å². The summed E-state index contributed by atoms with van der Waals surface area (Å²) in [5.41, 5.74) is 5.66. The number of pyridine rings is 1. The second kappa shape index (κ2) is 8.69. The maximum Gasteiger partial charge on any atom is 0.171 e. The lowest BCUT2D eigenvalue weighted by Crippen LogP contribution is -2.19. The zero-order chi connectivity index (χ0) is 22.9. The van der Waals surface area contributed by atoms with Gasteiger partial charge in [0.25, 0.3) is 0 Å². The van der Waals surface area contributed by atoms with E-state index in [0.717, 1.165) is 69.4 Å². The first-order valence-electron chi connectivity index (χ1n) is 11.3. The molecule has 0 amide bonds. The van der Waals surface area contributed by atoms with Gasteiger partial charge >= 0.3 is 0 Å². The van der Waals surface area contributed by atoms with Crippen molar-refractivity contribution in [3.05, 3.63) is 53.5 Å². The number of aryl methyl sites for hydroxylation is 2. The fraction of sp³-hybridized carbons (Fsp3) is 0.360. The fourth-order valence-corrected chi connectivity index (χ4v) is 4.66. The Hall–Kier alpha value is -3.68. The fourth-order valence-electron chi connectivity index (χ4n) is 4.66. The summed E-state index contributed by atoms with van der Waals surface area (Å²) in [4.78, 5) is 7.00. The molecule has 1 aliphatic rings. The molecule has 0 saturated carbocycles. The molecule has 170 valence electrons. The van der Waals surface area contributed by atoms with E-state index in [1.807, 2.05) is 51.2 Å². The van der Waals surface area contributed by atoms with Crippen LogP contribution in [0.2, 0.25) is 0 Å². The Morgan fingerprint density at radius 3 is 2.67 bits per heavy atom. The van der Waals surface area contributed by atoms with Crippen molar-refractivity contribution in [2.75, 3.05) is 25.1 Å². The molecule has 1 saturated heterocycles. The lowest BCUT2D eigenvalue weighted by molar-refractivity contribution is 0.225. The van der Waals surface area contributed by atoms with Crippen molar-refractivity contribution in [1.29, 1.82) is 0 Å². The standard InChI is InChI=1S/C25H28N6O2/c1-15-13-27-28-16(2)23(15)17(3)33-19-7-8-21-20(12-19)24(30-29-21)18-11-22(32-4)25(26-14-18)31-9-5-6-10-31/h7-8,11-14,17H,5-6,9-10H2,1-4H3,(H,29,30). The lowest BCUT2D eigenvalue weighted by Gasteiger charge is -2.19. The molecule has 0 bridgehead atoms. The van der Waals surface area contributed by atoms with Crippen molar-refractivity contribution in [2.24, 2.45) is 0 Å². The van der Waals surface area contributed by atoms with Crippen LogP contribution in [0.3, 0.4) is 0 Å². The van der Waals surface area contributed by atoms with Gasteiger partial charge in [-0.15, -0.1) is 0 Å². The third-order valence-electron chi connectivity index (χ3n) is 6.26. The molecule has 3 aromatic heterocycles. The number of nitrogens with zero attached hydrogens (tertiary/aromatic N) is 5. The topological polar surface area (TPSA) is 89.0 Å². The quantitative estimate of drug-likeness (QED) is 0.458. The van der Waals surface area contributed by atoms with Crippen LogP contribution in [-0.4, -0.2) is 45.6 Å². The van der Waals surface area contributed by atoms with Crippen molar-refractivity contribution in [2.45, 2.75) is 39.7 Å². The first kappa shape index (κ1) is 21.2. The summed E-state index contributed by atoms with van der Waals surface area (Å²) in [7, 11) is 1.69. The number of hydrogen-bond donors (Lipinski definition) is 1. The van der Waals surface area contributed by atoms with Gasteiger partial charge in [0, 0.05) is 35.8 Å². The molecular weight excluding hydrogens is 416 g/mol. The Balaban J connectivity index is 1.47. The predicted octanol–water partition coefficient (Wildman–Crippen LogP) is 4.78. The summed E-state index contributed by atoms with van der Waals surface area (Å²) < 4.78 is 12.0. The Morgan fingerprint density at radius 1 is 1.09 bits per heavy atom. The maximum atomic E-state index is 6.31. The van der Waals surface area contributed by atoms with Crippen LogP contribution in [0.1, 0.15) is 42.7 Å². The van der Waals surface area contributed by atoms with E-state index in [4.69, 9.17) is 14.5 Å². The summed E-state index contributed by atoms with van der Waals surface area (Å²) in [6.07, 6.45) is 5.86. The average molecular weight is 445 g/mol. The van der Waals surface area contributed by atoms with Gasteiger partial charge in [0.05, 0.1) is 24.5 Å². The second-order valence-electron chi connectivity index (χ2n) is 8.51. The van der Waals surface area contributed by atoms with E-state index in [1.54, 1.807) is 13.3 Å². The molecule has 4 heterocycles. The second-order valence-corrected chi connectivity index (χ2v) is 8.51. The highest BCUT2D eigenvalue weighted by Gasteiger charge is 2.20. The van der Waals surface area contributed by atoms with Crippen LogP contribution in [0, 0.1) is 13.8 Å². The molecular formula is C25H28N6O2. The Morgan fingerprint density at radius 2 is 1.91 bits per heavy atom. The number of aromatic nitrogens is 5. The summed E-state index contributed by atoms with van der Waals surface area (Å²) in [6, 6.07) is 7.98. The molecule has 8 nitrogen and oxygen atoms in total. The van der Waals surface area contributed by atoms with Gasteiger partial charge < -0.3 is 14.4 Å². The molecule has 0 radical (unpaired) electrons. The molecule has 4 aromatic rings. The van der Waals surface area contributed by atoms with E-state index < -0.39 is 0 Å². The molecule has 1 aliphatic heterocycles. The molecule has 0 spiro atoms. The summed E-state index contributed by atoms with van der Waals surface area (Å²) in [5, 5.41) is 16.9. The number of anilines is 1. The average Bonchev–Trinajstić information content (AvgIpc) is 3.48. The van der Waals surface area contributed by atoms with Gasteiger partial charge in [-0.25, -0.2) is 4.98 Å². The molecule has 0 aliphatic carbocycles. The summed E-state index contributed by atoms with van der Waals surface area (Å²) >= 11 is 0. The highest BCUT2D eigenvalue weighted by molar-refractivity contribution is 5.94. The van der Waals surface area contributed by atoms with Crippen LogP contribution in [-0.2, 0) is 0 Å². The lowest BCUT2D eigenvalue weighted by atomic mass is 10.0. The molecule has 1 N–H and O–H groups in total. The first-order chi connectivity index (χ1) is 16.0. The summed E-state index contributed by atoms with van der Waals surface area (Å²) in [6.45, 7) is 8.04. The van der Waals surface area contributed by atoms with Gasteiger partial charge in [-0.2, -0.15) is 15.3 Å². The maximum absolute atomic E-state index is 6.31. The third kappa shape index (κ3) is 3.97. The van der Waals surface area contributed by atoms with Crippen LogP contribution < -0.4 is 14.4 Å². The van der Waals surface area contributed by atoms with Crippen LogP contribution in [0.5, 0.6) is 11.5 Å². The number of benzene rings is 1. The van der Waals surface area contributed by atoms with Crippen LogP contribution >= 0.6 is 0 Å². The number of rotatable bonds is 6. The minimum atomic E-state index is -0.158. The minimum absolute atomic E-state index is 0.158. The van der Waals surface area contributed by atoms with Gasteiger partial charge in [-0.3, -0.25) is 5.10 Å². The van der Waals surface area contributed by atoms with Gasteiger partial charge in [0.15, 0.2) is 11.6 Å². The number of ether oxygens (including phenoxy) is 2. The van der Waals surface area contributed by atoms with Gasteiger partial charge in [-0.05, 0) is 63.4 Å². The molecule has 1 aromatic carbocycles. The number of H-pyrrole nitrogens is 1. The minimum Gasteiger partial charge on any atom is -0.493 e. The van der Waals surface area contributed by atoms with E-state index in [2.05, 4.69) is 25.3 Å². The largest absolute Gasteiger partial charge is 0.493 e. The molecule has 33 heavy (non-hydrogen) atoms. The molecule has 1 fully saturated rings. The zero-order valence-electron chi connectivity index (χ0n) is 19.4. The van der Waals surface area contributed by atoms with Crippen LogP contribution in [0.25, 0.3) is 22.2 Å². The zero-order valence-corrected chi connectivity index (χ0v) is 19.4. The number of aromatic amines is 1. The monoisotopic (exact) mass is 444 g/mol. The smallest absolute Gasteiger partial charge is 0.171 e. The number of hydrogen-bond acceptors (Lipinski definition) is 7. The molecule has 8 heteroatoms. The highest BCUT2D eigenvalue weighted by atomic mass is 16.5. The normalized spacial score (nSPS) is 14.6. The Bertz CT molecular complexity index is 1280. The van der Waals surface area contributed by atoms with Crippen molar-refractivity contribution in [3.8, 4) is 22.8 Å². The molecule has 5 rings (SSSR count). The third-order valence-corrected chi connectivity index (χ3v) is 6.26.